The molecular formula is C21H21NO. The van der Waals surface area contributed by atoms with Crippen LogP contribution in [0.15, 0.2) is 77.8 Å². The summed E-state index contributed by atoms with van der Waals surface area (Å²) >= 11 is 0. The Hall–Kier alpha value is -2.61. The molecule has 0 atom stereocenters. The molecule has 0 saturated carbocycles. The standard InChI is InChI=1S/C21H21NO/c1-2-3-5-10-21-20-12-11-19(15-18(20)13-14-22-21)23-16-17-8-6-4-7-9-17/h2-12,15H,13-14,16H2,1H3. The molecule has 1 aliphatic heterocycles. The minimum Gasteiger partial charge on any atom is -0.489 e. The fourth-order valence-corrected chi connectivity index (χ4v) is 2.64. The summed E-state index contributed by atoms with van der Waals surface area (Å²) in [7, 11) is 0. The Labute approximate surface area is 137 Å². The maximum Gasteiger partial charge on any atom is 0.120 e. The van der Waals surface area contributed by atoms with E-state index in [0.29, 0.717) is 6.61 Å². The molecule has 0 N–H and O–H groups in total. The third kappa shape index (κ3) is 3.98. The van der Waals surface area contributed by atoms with Gasteiger partial charge in [0.05, 0.1) is 5.71 Å². The number of allylic oxidation sites excluding steroid dienone is 4. The molecule has 0 amide bonds. The van der Waals surface area contributed by atoms with Gasteiger partial charge in [0.2, 0.25) is 0 Å². The molecule has 116 valence electrons. The molecule has 2 nitrogen and oxygen atoms in total. The number of hydrogen-bond donors (Lipinski definition) is 0. The summed E-state index contributed by atoms with van der Waals surface area (Å²) in [6.45, 7) is 3.45. The quantitative estimate of drug-likeness (QED) is 0.731. The van der Waals surface area contributed by atoms with Crippen LogP contribution in [0, 0.1) is 0 Å². The predicted molar refractivity (Wildman–Crippen MR) is 96.3 cm³/mol. The predicted octanol–water partition coefficient (Wildman–Crippen LogP) is 4.74. The minimum absolute atomic E-state index is 0.599. The lowest BCUT2D eigenvalue weighted by molar-refractivity contribution is 0.306. The summed E-state index contributed by atoms with van der Waals surface area (Å²) in [6.07, 6.45) is 9.12. The van der Waals surface area contributed by atoms with E-state index in [9.17, 15) is 0 Å². The van der Waals surface area contributed by atoms with E-state index < -0.39 is 0 Å². The molecular weight excluding hydrogens is 282 g/mol. The van der Waals surface area contributed by atoms with Crippen molar-refractivity contribution in [2.75, 3.05) is 6.54 Å². The van der Waals surface area contributed by atoms with Crippen molar-refractivity contribution in [2.24, 2.45) is 4.99 Å². The lowest BCUT2D eigenvalue weighted by atomic mass is 9.97. The lowest BCUT2D eigenvalue weighted by Crippen LogP contribution is -2.11. The monoisotopic (exact) mass is 303 g/mol. The molecule has 0 aromatic heterocycles. The number of aliphatic imine (C=N–C) groups is 1. The van der Waals surface area contributed by atoms with Crippen molar-refractivity contribution in [1.29, 1.82) is 0 Å². The Balaban J connectivity index is 1.73. The smallest absolute Gasteiger partial charge is 0.120 e. The second kappa shape index (κ2) is 7.59. The van der Waals surface area contributed by atoms with Crippen molar-refractivity contribution in [3.05, 3.63) is 89.5 Å². The normalized spacial score (nSPS) is 14.0. The molecule has 0 saturated heterocycles. The summed E-state index contributed by atoms with van der Waals surface area (Å²) in [5.74, 6) is 0.922. The highest BCUT2D eigenvalue weighted by molar-refractivity contribution is 6.10. The zero-order valence-corrected chi connectivity index (χ0v) is 13.4. The molecule has 1 aliphatic rings. The van der Waals surface area contributed by atoms with Gasteiger partial charge in [-0.05, 0) is 48.7 Å². The van der Waals surface area contributed by atoms with Gasteiger partial charge >= 0.3 is 0 Å². The van der Waals surface area contributed by atoms with Crippen LogP contribution < -0.4 is 4.74 Å². The highest BCUT2D eigenvalue weighted by Gasteiger charge is 2.12. The number of nitrogens with zero attached hydrogens (tertiary/aromatic N) is 1. The second-order valence-corrected chi connectivity index (χ2v) is 5.50. The number of fused-ring (bicyclic) bond motifs is 1. The van der Waals surface area contributed by atoms with E-state index in [1.165, 1.54) is 16.7 Å². The van der Waals surface area contributed by atoms with Crippen molar-refractivity contribution in [3.8, 4) is 5.75 Å². The third-order valence-corrected chi connectivity index (χ3v) is 3.82. The Bertz CT molecular complexity index is 742. The van der Waals surface area contributed by atoms with Crippen LogP contribution in [0.25, 0.3) is 0 Å². The van der Waals surface area contributed by atoms with Crippen molar-refractivity contribution in [2.45, 2.75) is 20.0 Å². The largest absolute Gasteiger partial charge is 0.489 e. The van der Waals surface area contributed by atoms with E-state index in [0.717, 1.165) is 24.4 Å². The van der Waals surface area contributed by atoms with Gasteiger partial charge < -0.3 is 4.74 Å². The zero-order valence-electron chi connectivity index (χ0n) is 13.4. The van der Waals surface area contributed by atoms with E-state index in [4.69, 9.17) is 4.74 Å². The number of benzene rings is 2. The van der Waals surface area contributed by atoms with Gasteiger partial charge in [-0.15, -0.1) is 0 Å². The number of hydrogen-bond acceptors (Lipinski definition) is 2. The van der Waals surface area contributed by atoms with E-state index in [1.807, 2.05) is 49.4 Å². The van der Waals surface area contributed by atoms with E-state index >= 15 is 0 Å². The lowest BCUT2D eigenvalue weighted by Gasteiger charge is -2.16. The molecule has 0 spiro atoms. The fraction of sp³-hybridized carbons (Fsp3) is 0.190. The summed E-state index contributed by atoms with van der Waals surface area (Å²) in [5.41, 5.74) is 4.76. The van der Waals surface area contributed by atoms with Crippen molar-refractivity contribution in [1.82, 2.24) is 0 Å². The molecule has 0 unspecified atom stereocenters. The zero-order chi connectivity index (χ0) is 15.9. The Morgan fingerprint density at radius 1 is 1.09 bits per heavy atom. The number of ether oxygens (including phenoxy) is 1. The average Bonchev–Trinajstić information content (AvgIpc) is 2.61. The fourth-order valence-electron chi connectivity index (χ4n) is 2.64. The van der Waals surface area contributed by atoms with E-state index in [-0.39, 0.29) is 0 Å². The van der Waals surface area contributed by atoms with Crippen LogP contribution in [0.4, 0.5) is 0 Å². The van der Waals surface area contributed by atoms with E-state index in [2.05, 4.69) is 35.3 Å². The van der Waals surface area contributed by atoms with E-state index in [1.54, 1.807) is 0 Å². The van der Waals surface area contributed by atoms with Crippen LogP contribution in [-0.4, -0.2) is 12.3 Å². The Morgan fingerprint density at radius 2 is 1.96 bits per heavy atom. The molecule has 0 aliphatic carbocycles. The highest BCUT2D eigenvalue weighted by Crippen LogP contribution is 2.23. The molecule has 1 heterocycles. The summed E-state index contributed by atoms with van der Waals surface area (Å²) in [4.78, 5) is 4.62. The van der Waals surface area contributed by atoms with Gasteiger partial charge in [-0.1, -0.05) is 48.6 Å². The molecule has 3 rings (SSSR count). The second-order valence-electron chi connectivity index (χ2n) is 5.50. The van der Waals surface area contributed by atoms with Gasteiger partial charge in [0.1, 0.15) is 12.4 Å². The average molecular weight is 303 g/mol. The van der Waals surface area contributed by atoms with Crippen LogP contribution in [0.3, 0.4) is 0 Å². The van der Waals surface area contributed by atoms with Crippen molar-refractivity contribution < 1.29 is 4.74 Å². The SMILES string of the molecule is CC=CC=CC1=NCCc2cc(OCc3ccccc3)ccc21. The van der Waals surface area contributed by atoms with Crippen LogP contribution in [-0.2, 0) is 13.0 Å². The van der Waals surface area contributed by atoms with Crippen LogP contribution in [0.2, 0.25) is 0 Å². The summed E-state index contributed by atoms with van der Waals surface area (Å²) in [6, 6.07) is 16.5. The Kier molecular flexibility index (Phi) is 5.05. The van der Waals surface area contributed by atoms with Crippen LogP contribution >= 0.6 is 0 Å². The Morgan fingerprint density at radius 3 is 2.78 bits per heavy atom. The molecule has 0 bridgehead atoms. The molecule has 2 aromatic rings. The summed E-state index contributed by atoms with van der Waals surface area (Å²) < 4.78 is 5.92. The maximum absolute atomic E-state index is 5.92. The first-order valence-electron chi connectivity index (χ1n) is 8.00. The minimum atomic E-state index is 0.599. The van der Waals surface area contributed by atoms with Gasteiger partial charge in [0.25, 0.3) is 0 Å². The maximum atomic E-state index is 5.92. The van der Waals surface area contributed by atoms with Gasteiger partial charge in [0, 0.05) is 12.1 Å². The van der Waals surface area contributed by atoms with Gasteiger partial charge in [-0.25, -0.2) is 0 Å². The van der Waals surface area contributed by atoms with Gasteiger partial charge in [-0.2, -0.15) is 0 Å². The summed E-state index contributed by atoms with van der Waals surface area (Å²) in [5, 5.41) is 0. The third-order valence-electron chi connectivity index (χ3n) is 3.82. The molecule has 0 radical (unpaired) electrons. The van der Waals surface area contributed by atoms with Crippen molar-refractivity contribution >= 4 is 5.71 Å². The molecule has 23 heavy (non-hydrogen) atoms. The first-order chi connectivity index (χ1) is 11.4. The molecule has 2 heteroatoms. The first-order valence-corrected chi connectivity index (χ1v) is 8.00. The molecule has 0 fully saturated rings. The number of rotatable bonds is 5. The van der Waals surface area contributed by atoms with Gasteiger partial charge in [0.15, 0.2) is 0 Å². The van der Waals surface area contributed by atoms with Gasteiger partial charge in [-0.3, -0.25) is 4.99 Å². The highest BCUT2D eigenvalue weighted by atomic mass is 16.5. The topological polar surface area (TPSA) is 21.6 Å². The first kappa shape index (κ1) is 15.3. The van der Waals surface area contributed by atoms with Crippen LogP contribution in [0.1, 0.15) is 23.6 Å². The van der Waals surface area contributed by atoms with Crippen LogP contribution in [0.5, 0.6) is 5.75 Å². The van der Waals surface area contributed by atoms with Crippen molar-refractivity contribution in [3.63, 3.8) is 0 Å². The molecule has 2 aromatic carbocycles.